The van der Waals surface area contributed by atoms with Crippen LogP contribution in [0.4, 0.5) is 17.6 Å². The lowest BCUT2D eigenvalue weighted by Crippen LogP contribution is -2.14. The Morgan fingerprint density at radius 3 is 2.45 bits per heavy atom. The molecule has 7 heteroatoms. The van der Waals surface area contributed by atoms with Gasteiger partial charge < -0.3 is 0 Å². The standard InChI is InChI=1S/C15H12F4N2S/c16-10-6-4-9(5-7-10)8-22-14-20-12-3-1-2-11(12)13(21-14)15(17,18)19/h4-7H,1-3,8H2. The van der Waals surface area contributed by atoms with Crippen LogP contribution in [0.2, 0.25) is 0 Å². The lowest BCUT2D eigenvalue weighted by molar-refractivity contribution is -0.142. The average molecular weight is 328 g/mol. The second kappa shape index (κ2) is 5.87. The maximum absolute atomic E-state index is 13.1. The molecule has 116 valence electrons. The molecule has 0 spiro atoms. The van der Waals surface area contributed by atoms with Gasteiger partial charge in [-0.25, -0.2) is 14.4 Å². The molecule has 0 radical (unpaired) electrons. The van der Waals surface area contributed by atoms with Gasteiger partial charge in [0.1, 0.15) is 5.82 Å². The first-order valence-electron chi connectivity index (χ1n) is 6.78. The van der Waals surface area contributed by atoms with Crippen molar-refractivity contribution in [3.8, 4) is 0 Å². The van der Waals surface area contributed by atoms with E-state index in [0.717, 1.165) is 17.3 Å². The molecular formula is C15H12F4N2S. The van der Waals surface area contributed by atoms with E-state index in [-0.39, 0.29) is 16.5 Å². The molecule has 0 N–H and O–H groups in total. The zero-order valence-corrected chi connectivity index (χ0v) is 12.3. The number of benzene rings is 1. The molecule has 0 saturated heterocycles. The smallest absolute Gasteiger partial charge is 0.227 e. The van der Waals surface area contributed by atoms with E-state index in [2.05, 4.69) is 9.97 Å². The molecule has 2 nitrogen and oxygen atoms in total. The van der Waals surface area contributed by atoms with Crippen molar-refractivity contribution in [3.63, 3.8) is 0 Å². The molecule has 0 bridgehead atoms. The second-order valence-electron chi connectivity index (χ2n) is 5.05. The van der Waals surface area contributed by atoms with Crippen molar-refractivity contribution >= 4 is 11.8 Å². The van der Waals surface area contributed by atoms with Crippen LogP contribution in [0.5, 0.6) is 0 Å². The second-order valence-corrected chi connectivity index (χ2v) is 5.99. The lowest BCUT2D eigenvalue weighted by Gasteiger charge is -2.12. The van der Waals surface area contributed by atoms with E-state index in [0.29, 0.717) is 30.7 Å². The fraction of sp³-hybridized carbons (Fsp3) is 0.333. The molecule has 0 saturated carbocycles. The zero-order chi connectivity index (χ0) is 15.7. The molecule has 1 heterocycles. The number of aryl methyl sites for hydroxylation is 1. The predicted octanol–water partition coefficient (Wildman–Crippen LogP) is 4.42. The summed E-state index contributed by atoms with van der Waals surface area (Å²) in [6, 6.07) is 5.84. The average Bonchev–Trinajstić information content (AvgIpc) is 2.93. The third-order valence-corrected chi connectivity index (χ3v) is 4.38. The predicted molar refractivity (Wildman–Crippen MR) is 75.0 cm³/mol. The van der Waals surface area contributed by atoms with Gasteiger partial charge in [0.25, 0.3) is 0 Å². The molecule has 3 rings (SSSR count). The zero-order valence-electron chi connectivity index (χ0n) is 11.5. The van der Waals surface area contributed by atoms with Crippen LogP contribution in [-0.4, -0.2) is 9.97 Å². The van der Waals surface area contributed by atoms with Crippen LogP contribution in [-0.2, 0) is 24.8 Å². The van der Waals surface area contributed by atoms with Crippen molar-refractivity contribution in [2.24, 2.45) is 0 Å². The number of fused-ring (bicyclic) bond motifs is 1. The lowest BCUT2D eigenvalue weighted by atomic mass is 10.2. The monoisotopic (exact) mass is 328 g/mol. The highest BCUT2D eigenvalue weighted by atomic mass is 32.2. The highest BCUT2D eigenvalue weighted by Gasteiger charge is 2.38. The van der Waals surface area contributed by atoms with Crippen molar-refractivity contribution in [3.05, 3.63) is 52.6 Å². The topological polar surface area (TPSA) is 25.8 Å². The van der Waals surface area contributed by atoms with Gasteiger partial charge >= 0.3 is 6.18 Å². The molecule has 22 heavy (non-hydrogen) atoms. The Morgan fingerprint density at radius 1 is 1.05 bits per heavy atom. The number of hydrogen-bond acceptors (Lipinski definition) is 3. The maximum atomic E-state index is 13.1. The van der Waals surface area contributed by atoms with E-state index in [9.17, 15) is 17.6 Å². The summed E-state index contributed by atoms with van der Waals surface area (Å²) in [4.78, 5) is 7.94. The molecule has 0 amide bonds. The first-order chi connectivity index (χ1) is 10.4. The molecule has 1 aliphatic carbocycles. The number of hydrogen-bond donors (Lipinski definition) is 0. The summed E-state index contributed by atoms with van der Waals surface area (Å²) >= 11 is 1.13. The number of nitrogens with zero attached hydrogens (tertiary/aromatic N) is 2. The van der Waals surface area contributed by atoms with Crippen LogP contribution in [0.15, 0.2) is 29.4 Å². The first kappa shape index (κ1) is 15.3. The Hall–Kier alpha value is -1.63. The van der Waals surface area contributed by atoms with Crippen LogP contribution >= 0.6 is 11.8 Å². The summed E-state index contributed by atoms with van der Waals surface area (Å²) in [6.45, 7) is 0. The Labute approximate surface area is 129 Å². The SMILES string of the molecule is Fc1ccc(CSc2nc3c(c(C(F)(F)F)n2)CCC3)cc1. The minimum Gasteiger partial charge on any atom is -0.227 e. The van der Waals surface area contributed by atoms with Gasteiger partial charge in [-0.05, 0) is 37.0 Å². The van der Waals surface area contributed by atoms with Crippen LogP contribution in [0.25, 0.3) is 0 Å². The van der Waals surface area contributed by atoms with Crippen molar-refractivity contribution in [2.45, 2.75) is 36.3 Å². The summed E-state index contributed by atoms with van der Waals surface area (Å²) in [7, 11) is 0. The van der Waals surface area contributed by atoms with Crippen molar-refractivity contribution in [1.29, 1.82) is 0 Å². The molecule has 1 aromatic heterocycles. The molecule has 0 fully saturated rings. The van der Waals surface area contributed by atoms with Crippen LogP contribution in [0.3, 0.4) is 0 Å². The number of aromatic nitrogens is 2. The molecule has 0 atom stereocenters. The van der Waals surface area contributed by atoms with Crippen LogP contribution < -0.4 is 0 Å². The van der Waals surface area contributed by atoms with Crippen molar-refractivity contribution < 1.29 is 17.6 Å². The molecule has 2 aromatic rings. The van der Waals surface area contributed by atoms with E-state index in [1.165, 1.54) is 12.1 Å². The quantitative estimate of drug-likeness (QED) is 0.474. The Balaban J connectivity index is 1.84. The van der Waals surface area contributed by atoms with Crippen LogP contribution in [0.1, 0.15) is 28.9 Å². The van der Waals surface area contributed by atoms with E-state index >= 15 is 0 Å². The minimum atomic E-state index is -4.46. The van der Waals surface area contributed by atoms with Crippen LogP contribution in [0, 0.1) is 5.82 Å². The van der Waals surface area contributed by atoms with E-state index in [4.69, 9.17) is 0 Å². The van der Waals surface area contributed by atoms with Gasteiger partial charge in [-0.1, -0.05) is 23.9 Å². The fourth-order valence-corrected chi connectivity index (χ4v) is 3.26. The number of rotatable bonds is 3. The molecule has 1 aromatic carbocycles. The Bertz CT molecular complexity index is 683. The Kier molecular flexibility index (Phi) is 4.08. The third-order valence-electron chi connectivity index (χ3n) is 3.46. The minimum absolute atomic E-state index is 0.123. The maximum Gasteiger partial charge on any atom is 0.433 e. The summed E-state index contributed by atoms with van der Waals surface area (Å²) in [5, 5.41) is 0.123. The van der Waals surface area contributed by atoms with Gasteiger partial charge in [0.2, 0.25) is 0 Å². The van der Waals surface area contributed by atoms with Gasteiger partial charge in [0.05, 0.1) is 0 Å². The Morgan fingerprint density at radius 2 is 1.77 bits per heavy atom. The molecule has 0 aliphatic heterocycles. The summed E-state index contributed by atoms with van der Waals surface area (Å²) in [5.41, 5.74) is 0.739. The summed E-state index contributed by atoms with van der Waals surface area (Å²) in [5.74, 6) is 0.0537. The van der Waals surface area contributed by atoms with Gasteiger partial charge in [0.15, 0.2) is 10.9 Å². The molecule has 0 unspecified atom stereocenters. The van der Waals surface area contributed by atoms with Gasteiger partial charge in [-0.2, -0.15) is 13.2 Å². The summed E-state index contributed by atoms with van der Waals surface area (Å²) in [6.07, 6.45) is -2.83. The highest BCUT2D eigenvalue weighted by molar-refractivity contribution is 7.98. The van der Waals surface area contributed by atoms with E-state index < -0.39 is 11.9 Å². The largest absolute Gasteiger partial charge is 0.433 e. The van der Waals surface area contributed by atoms with Crippen molar-refractivity contribution in [1.82, 2.24) is 9.97 Å². The first-order valence-corrected chi connectivity index (χ1v) is 7.76. The van der Waals surface area contributed by atoms with Gasteiger partial charge in [0, 0.05) is 17.0 Å². The van der Waals surface area contributed by atoms with Gasteiger partial charge in [-0.15, -0.1) is 0 Å². The van der Waals surface area contributed by atoms with E-state index in [1.807, 2.05) is 0 Å². The summed E-state index contributed by atoms with van der Waals surface area (Å²) < 4.78 is 52.1. The van der Waals surface area contributed by atoms with Gasteiger partial charge in [-0.3, -0.25) is 0 Å². The molecule has 1 aliphatic rings. The normalized spacial score (nSPS) is 14.2. The molecular weight excluding hydrogens is 316 g/mol. The third kappa shape index (κ3) is 3.24. The van der Waals surface area contributed by atoms with E-state index in [1.54, 1.807) is 12.1 Å². The number of alkyl halides is 3. The fourth-order valence-electron chi connectivity index (χ4n) is 2.44. The number of thioether (sulfide) groups is 1. The highest BCUT2D eigenvalue weighted by Crippen LogP contribution is 2.36. The number of halogens is 4. The van der Waals surface area contributed by atoms with Crippen molar-refractivity contribution in [2.75, 3.05) is 0 Å².